The fourth-order valence-corrected chi connectivity index (χ4v) is 2.73. The van der Waals surface area contributed by atoms with E-state index in [2.05, 4.69) is 52.0 Å². The molecular formula is C14H22N4S. The summed E-state index contributed by atoms with van der Waals surface area (Å²) in [6, 6.07) is 0.486. The number of aliphatic imine (C=N–C) groups is 1. The Bertz CT molecular complexity index is 442. The van der Waals surface area contributed by atoms with E-state index in [4.69, 9.17) is 0 Å². The zero-order valence-corrected chi connectivity index (χ0v) is 12.5. The van der Waals surface area contributed by atoms with Crippen molar-refractivity contribution in [2.75, 3.05) is 6.54 Å². The number of guanidine groups is 1. The standard InChI is InChI=1S/C14H22N4S/c1-3-13-17-12(10-19-13)9-16-14(15-4-2)18-11-7-5-6-8-11/h5-6,10-11H,3-4,7-9H2,1-2H3,(H2,15,16,18). The van der Waals surface area contributed by atoms with Gasteiger partial charge in [0.05, 0.1) is 17.2 Å². The first kappa shape index (κ1) is 14.1. The molecule has 1 aromatic rings. The molecule has 104 valence electrons. The lowest BCUT2D eigenvalue weighted by atomic mass is 10.2. The third kappa shape index (κ3) is 4.35. The van der Waals surface area contributed by atoms with E-state index in [-0.39, 0.29) is 0 Å². The molecule has 0 fully saturated rings. The van der Waals surface area contributed by atoms with Crippen molar-refractivity contribution >= 4 is 17.3 Å². The maximum Gasteiger partial charge on any atom is 0.191 e. The number of nitrogens with one attached hydrogen (secondary N) is 2. The molecule has 4 nitrogen and oxygen atoms in total. The van der Waals surface area contributed by atoms with Gasteiger partial charge >= 0.3 is 0 Å². The third-order valence-corrected chi connectivity index (χ3v) is 4.04. The van der Waals surface area contributed by atoms with Crippen LogP contribution in [0, 0.1) is 0 Å². The summed E-state index contributed by atoms with van der Waals surface area (Å²) < 4.78 is 0. The fraction of sp³-hybridized carbons (Fsp3) is 0.571. The topological polar surface area (TPSA) is 49.3 Å². The smallest absolute Gasteiger partial charge is 0.191 e. The predicted molar refractivity (Wildman–Crippen MR) is 81.6 cm³/mol. The van der Waals surface area contributed by atoms with E-state index in [0.29, 0.717) is 12.6 Å². The normalized spacial score (nSPS) is 16.0. The second kappa shape index (κ2) is 7.28. The quantitative estimate of drug-likeness (QED) is 0.494. The van der Waals surface area contributed by atoms with Gasteiger partial charge in [0.1, 0.15) is 0 Å². The van der Waals surface area contributed by atoms with Crippen molar-refractivity contribution in [1.82, 2.24) is 15.6 Å². The number of thiazole rings is 1. The molecule has 5 heteroatoms. The van der Waals surface area contributed by atoms with Gasteiger partial charge in [-0.3, -0.25) is 0 Å². The predicted octanol–water partition coefficient (Wildman–Crippen LogP) is 2.48. The van der Waals surface area contributed by atoms with Crippen LogP contribution in [-0.2, 0) is 13.0 Å². The first-order chi connectivity index (χ1) is 9.31. The molecule has 0 saturated heterocycles. The average Bonchev–Trinajstić information content (AvgIpc) is 3.07. The van der Waals surface area contributed by atoms with E-state index < -0.39 is 0 Å². The van der Waals surface area contributed by atoms with E-state index in [1.54, 1.807) is 11.3 Å². The van der Waals surface area contributed by atoms with Crippen LogP contribution in [0.15, 0.2) is 22.5 Å². The van der Waals surface area contributed by atoms with Crippen molar-refractivity contribution in [2.45, 2.75) is 45.7 Å². The minimum atomic E-state index is 0.486. The second-order valence-electron chi connectivity index (χ2n) is 4.57. The maximum absolute atomic E-state index is 4.61. The van der Waals surface area contributed by atoms with E-state index in [1.807, 2.05) is 0 Å². The van der Waals surface area contributed by atoms with E-state index in [1.165, 1.54) is 5.01 Å². The minimum absolute atomic E-state index is 0.486. The lowest BCUT2D eigenvalue weighted by Crippen LogP contribution is -2.42. The number of aryl methyl sites for hydroxylation is 1. The van der Waals surface area contributed by atoms with Crippen LogP contribution in [0.1, 0.15) is 37.4 Å². The highest BCUT2D eigenvalue weighted by Gasteiger charge is 2.11. The first-order valence-electron chi connectivity index (χ1n) is 6.95. The molecule has 0 saturated carbocycles. The van der Waals surface area contributed by atoms with Crippen molar-refractivity contribution in [3.05, 3.63) is 28.2 Å². The van der Waals surface area contributed by atoms with Crippen LogP contribution in [0.25, 0.3) is 0 Å². The molecule has 1 aromatic heterocycles. The molecule has 19 heavy (non-hydrogen) atoms. The van der Waals surface area contributed by atoms with Crippen molar-refractivity contribution in [2.24, 2.45) is 4.99 Å². The molecule has 0 radical (unpaired) electrons. The van der Waals surface area contributed by atoms with Crippen LogP contribution in [0.5, 0.6) is 0 Å². The Hall–Kier alpha value is -1.36. The zero-order chi connectivity index (χ0) is 13.5. The van der Waals surface area contributed by atoms with E-state index in [9.17, 15) is 0 Å². The monoisotopic (exact) mass is 278 g/mol. The molecule has 0 bridgehead atoms. The van der Waals surface area contributed by atoms with Crippen molar-refractivity contribution in [3.63, 3.8) is 0 Å². The summed E-state index contributed by atoms with van der Waals surface area (Å²) in [5.41, 5.74) is 1.06. The number of rotatable bonds is 5. The Morgan fingerprint density at radius 2 is 2.21 bits per heavy atom. The lowest BCUT2D eigenvalue weighted by Gasteiger charge is -2.16. The Kier molecular flexibility index (Phi) is 5.39. The van der Waals surface area contributed by atoms with Crippen molar-refractivity contribution in [1.29, 1.82) is 0 Å². The second-order valence-corrected chi connectivity index (χ2v) is 5.51. The van der Waals surface area contributed by atoms with Gasteiger partial charge in [-0.05, 0) is 26.2 Å². The highest BCUT2D eigenvalue weighted by atomic mass is 32.1. The van der Waals surface area contributed by atoms with Gasteiger partial charge in [0.15, 0.2) is 5.96 Å². The number of hydrogen-bond acceptors (Lipinski definition) is 3. The average molecular weight is 278 g/mol. The fourth-order valence-electron chi connectivity index (χ4n) is 1.99. The molecule has 1 heterocycles. The van der Waals surface area contributed by atoms with Gasteiger partial charge in [-0.25, -0.2) is 9.98 Å². The van der Waals surface area contributed by atoms with Crippen LogP contribution < -0.4 is 10.6 Å². The van der Waals surface area contributed by atoms with Crippen molar-refractivity contribution in [3.8, 4) is 0 Å². The summed E-state index contributed by atoms with van der Waals surface area (Å²) in [6.07, 6.45) is 7.60. The highest BCUT2D eigenvalue weighted by molar-refractivity contribution is 7.09. The Morgan fingerprint density at radius 3 is 2.84 bits per heavy atom. The van der Waals surface area contributed by atoms with Gasteiger partial charge in [0.2, 0.25) is 0 Å². The summed E-state index contributed by atoms with van der Waals surface area (Å²) in [5, 5.41) is 10.0. The molecule has 2 N–H and O–H groups in total. The zero-order valence-electron chi connectivity index (χ0n) is 11.6. The molecule has 0 spiro atoms. The number of hydrogen-bond donors (Lipinski definition) is 2. The van der Waals surface area contributed by atoms with Crippen LogP contribution >= 0.6 is 11.3 Å². The lowest BCUT2D eigenvalue weighted by molar-refractivity contribution is 0.633. The third-order valence-electron chi connectivity index (χ3n) is 2.99. The highest BCUT2D eigenvalue weighted by Crippen LogP contribution is 2.11. The van der Waals surface area contributed by atoms with Gasteiger partial charge < -0.3 is 10.6 Å². The molecule has 0 aliphatic heterocycles. The molecule has 0 atom stereocenters. The molecule has 1 aliphatic rings. The van der Waals surface area contributed by atoms with Gasteiger partial charge in [-0.2, -0.15) is 0 Å². The van der Waals surface area contributed by atoms with Crippen molar-refractivity contribution < 1.29 is 0 Å². The van der Waals surface area contributed by atoms with E-state index >= 15 is 0 Å². The molecular weight excluding hydrogens is 256 g/mol. The van der Waals surface area contributed by atoms with Gasteiger partial charge in [-0.15, -0.1) is 11.3 Å². The first-order valence-corrected chi connectivity index (χ1v) is 7.83. The van der Waals surface area contributed by atoms with Crippen LogP contribution in [0.2, 0.25) is 0 Å². The van der Waals surface area contributed by atoms with Crippen LogP contribution in [0.4, 0.5) is 0 Å². The SMILES string of the molecule is CCNC(=NCc1csc(CC)n1)NC1CC=CC1. The molecule has 1 aliphatic carbocycles. The molecule has 2 rings (SSSR count). The molecule has 0 unspecified atom stereocenters. The summed E-state index contributed by atoms with van der Waals surface area (Å²) in [5.74, 6) is 0.891. The minimum Gasteiger partial charge on any atom is -0.357 e. The Morgan fingerprint density at radius 1 is 1.42 bits per heavy atom. The van der Waals surface area contributed by atoms with Crippen LogP contribution in [-0.4, -0.2) is 23.5 Å². The summed E-state index contributed by atoms with van der Waals surface area (Å²) in [7, 11) is 0. The maximum atomic E-state index is 4.61. The van der Waals surface area contributed by atoms with Gasteiger partial charge in [-0.1, -0.05) is 19.1 Å². The van der Waals surface area contributed by atoms with Gasteiger partial charge in [0, 0.05) is 18.0 Å². The Labute approximate surface area is 119 Å². The number of aromatic nitrogens is 1. The Balaban J connectivity index is 1.91. The van der Waals surface area contributed by atoms with Crippen LogP contribution in [0.3, 0.4) is 0 Å². The summed E-state index contributed by atoms with van der Waals surface area (Å²) in [6.45, 7) is 5.74. The summed E-state index contributed by atoms with van der Waals surface area (Å²) in [4.78, 5) is 9.14. The molecule has 0 aromatic carbocycles. The van der Waals surface area contributed by atoms with Gasteiger partial charge in [0.25, 0.3) is 0 Å². The largest absolute Gasteiger partial charge is 0.357 e. The summed E-state index contributed by atoms with van der Waals surface area (Å²) >= 11 is 1.72. The van der Waals surface area contributed by atoms with E-state index in [0.717, 1.165) is 37.5 Å². The number of nitrogens with zero attached hydrogens (tertiary/aromatic N) is 2. The molecule has 0 amide bonds.